The fourth-order valence-corrected chi connectivity index (χ4v) is 2.99. The molecule has 0 aliphatic rings. The van der Waals surface area contributed by atoms with Crippen LogP contribution in [0.3, 0.4) is 0 Å². The predicted octanol–water partition coefficient (Wildman–Crippen LogP) is 2.77. The summed E-state index contributed by atoms with van der Waals surface area (Å²) in [6.07, 6.45) is 0.915. The fourth-order valence-electron chi connectivity index (χ4n) is 2.99. The van der Waals surface area contributed by atoms with Gasteiger partial charge >= 0.3 is 0 Å². The first-order valence-corrected chi connectivity index (χ1v) is 10.2. The highest BCUT2D eigenvalue weighted by atomic mass is 19.1. The maximum absolute atomic E-state index is 14.3. The van der Waals surface area contributed by atoms with Crippen molar-refractivity contribution in [2.24, 2.45) is 5.73 Å². The molecular formula is C25H22F2N4O3. The maximum atomic E-state index is 14.3. The molecule has 2 aromatic carbocycles. The van der Waals surface area contributed by atoms with E-state index in [0.717, 1.165) is 18.2 Å². The van der Waals surface area contributed by atoms with Crippen LogP contribution in [0.2, 0.25) is 0 Å². The van der Waals surface area contributed by atoms with Crippen molar-refractivity contribution < 1.29 is 23.5 Å². The Morgan fingerprint density at radius 3 is 2.68 bits per heavy atom. The van der Waals surface area contributed by atoms with E-state index in [1.54, 1.807) is 38.2 Å². The summed E-state index contributed by atoms with van der Waals surface area (Å²) >= 11 is 0. The molecule has 0 saturated carbocycles. The molecule has 34 heavy (non-hydrogen) atoms. The van der Waals surface area contributed by atoms with Gasteiger partial charge in [0.15, 0.2) is 5.82 Å². The largest absolute Gasteiger partial charge is 0.378 e. The van der Waals surface area contributed by atoms with Gasteiger partial charge in [0.1, 0.15) is 22.9 Å². The van der Waals surface area contributed by atoms with Crippen molar-refractivity contribution in [2.45, 2.75) is 18.9 Å². The van der Waals surface area contributed by atoms with Crippen molar-refractivity contribution in [3.8, 4) is 34.5 Å². The Morgan fingerprint density at radius 1 is 1.21 bits per heavy atom. The summed E-state index contributed by atoms with van der Waals surface area (Å²) in [4.78, 5) is 32.4. The Balaban J connectivity index is 1.99. The number of aliphatic hydroxyl groups is 1. The summed E-state index contributed by atoms with van der Waals surface area (Å²) in [6, 6.07) is 10.8. The Labute approximate surface area is 195 Å². The zero-order chi connectivity index (χ0) is 24.9. The number of rotatable bonds is 7. The highest BCUT2D eigenvalue weighted by Crippen LogP contribution is 2.26. The molecule has 1 atom stereocenters. The van der Waals surface area contributed by atoms with Crippen LogP contribution >= 0.6 is 0 Å². The van der Waals surface area contributed by atoms with E-state index in [1.165, 1.54) is 11.0 Å². The lowest BCUT2D eigenvalue weighted by Gasteiger charge is -2.19. The molecule has 1 unspecified atom stereocenters. The summed E-state index contributed by atoms with van der Waals surface area (Å²) in [7, 11) is 1.60. The van der Waals surface area contributed by atoms with E-state index in [-0.39, 0.29) is 29.2 Å². The van der Waals surface area contributed by atoms with Crippen LogP contribution < -0.4 is 5.73 Å². The van der Waals surface area contributed by atoms with Gasteiger partial charge in [-0.3, -0.25) is 9.59 Å². The number of carbonyl (C=O) groups is 2. The molecule has 9 heteroatoms. The lowest BCUT2D eigenvalue weighted by molar-refractivity contribution is -0.117. The number of hydrogen-bond acceptors (Lipinski definition) is 5. The number of carbonyl (C=O) groups excluding carboxylic acids is 2. The second-order valence-electron chi connectivity index (χ2n) is 7.89. The maximum Gasteiger partial charge on any atom is 0.267 e. The molecule has 2 amide bonds. The Morgan fingerprint density at radius 2 is 1.97 bits per heavy atom. The minimum atomic E-state index is -1.34. The molecule has 0 radical (unpaired) electrons. The number of benzene rings is 2. The van der Waals surface area contributed by atoms with Crippen molar-refractivity contribution in [1.82, 2.24) is 14.9 Å². The summed E-state index contributed by atoms with van der Waals surface area (Å²) < 4.78 is 28.0. The standard InChI is InChI=1S/C25H22F2N4O3/c1-25(34,10-11-31(2)15-32)9-8-16-4-3-5-17(12-16)24-29-21(14-22(30-24)23(28)33)19-13-18(26)6-7-20(19)27/h3-7,12-15,34H,10-11H2,1-2H3,(H2,28,33). The second-order valence-corrected chi connectivity index (χ2v) is 7.89. The number of hydrogen-bond donors (Lipinski definition) is 2. The smallest absolute Gasteiger partial charge is 0.267 e. The molecule has 0 bridgehead atoms. The Hall–Kier alpha value is -4.16. The highest BCUT2D eigenvalue weighted by Gasteiger charge is 2.18. The first-order chi connectivity index (χ1) is 16.1. The van der Waals surface area contributed by atoms with E-state index in [2.05, 4.69) is 21.8 Å². The van der Waals surface area contributed by atoms with Gasteiger partial charge in [0.25, 0.3) is 5.91 Å². The van der Waals surface area contributed by atoms with Crippen LogP contribution in [0.1, 0.15) is 29.4 Å². The third-order valence-corrected chi connectivity index (χ3v) is 4.91. The fraction of sp³-hybridized carbons (Fsp3) is 0.200. The van der Waals surface area contributed by atoms with Gasteiger partial charge in [-0.2, -0.15) is 0 Å². The minimum Gasteiger partial charge on any atom is -0.378 e. The number of nitrogens with zero attached hydrogens (tertiary/aromatic N) is 3. The van der Waals surface area contributed by atoms with Crippen LogP contribution in [-0.4, -0.2) is 51.5 Å². The van der Waals surface area contributed by atoms with E-state index in [4.69, 9.17) is 5.73 Å². The van der Waals surface area contributed by atoms with Gasteiger partial charge < -0.3 is 15.7 Å². The summed E-state index contributed by atoms with van der Waals surface area (Å²) in [6.45, 7) is 1.88. The van der Waals surface area contributed by atoms with E-state index in [0.29, 0.717) is 24.1 Å². The van der Waals surface area contributed by atoms with Gasteiger partial charge in [-0.1, -0.05) is 24.0 Å². The van der Waals surface area contributed by atoms with Crippen molar-refractivity contribution in [3.63, 3.8) is 0 Å². The van der Waals surface area contributed by atoms with E-state index >= 15 is 0 Å². The van der Waals surface area contributed by atoms with Crippen molar-refractivity contribution in [1.29, 1.82) is 0 Å². The lowest BCUT2D eigenvalue weighted by atomic mass is 10.0. The molecule has 3 aromatic rings. The molecular weight excluding hydrogens is 442 g/mol. The SMILES string of the molecule is CN(C=O)CCC(C)(O)C#Cc1cccc(-c2nc(C(N)=O)cc(-c3cc(F)ccc3F)n2)c1. The third kappa shape index (κ3) is 6.21. The number of nitrogens with two attached hydrogens (primary N) is 1. The quantitative estimate of drug-likeness (QED) is 0.413. The Kier molecular flexibility index (Phi) is 7.34. The van der Waals surface area contributed by atoms with Gasteiger partial charge in [0.2, 0.25) is 6.41 Å². The van der Waals surface area contributed by atoms with Crippen molar-refractivity contribution in [2.75, 3.05) is 13.6 Å². The van der Waals surface area contributed by atoms with Gasteiger partial charge in [0.05, 0.1) is 5.69 Å². The topological polar surface area (TPSA) is 109 Å². The second kappa shape index (κ2) is 10.2. The molecule has 3 N–H and O–H groups in total. The Bertz CT molecular complexity index is 1300. The first-order valence-electron chi connectivity index (χ1n) is 10.2. The predicted molar refractivity (Wildman–Crippen MR) is 122 cm³/mol. The van der Waals surface area contributed by atoms with Crippen LogP contribution in [0.15, 0.2) is 48.5 Å². The number of aromatic nitrogens is 2. The number of primary amides is 1. The van der Waals surface area contributed by atoms with Gasteiger partial charge in [-0.25, -0.2) is 18.7 Å². The van der Waals surface area contributed by atoms with Gasteiger partial charge in [-0.05, 0) is 43.3 Å². The van der Waals surface area contributed by atoms with E-state index in [9.17, 15) is 23.5 Å². The molecule has 3 rings (SSSR count). The summed E-state index contributed by atoms with van der Waals surface area (Å²) in [5.41, 5.74) is 4.72. The zero-order valence-corrected chi connectivity index (χ0v) is 18.5. The third-order valence-electron chi connectivity index (χ3n) is 4.91. The average Bonchev–Trinajstić information content (AvgIpc) is 2.82. The molecule has 0 aliphatic heterocycles. The zero-order valence-electron chi connectivity index (χ0n) is 18.5. The number of halogens is 2. The minimum absolute atomic E-state index is 0.00508. The normalized spacial score (nSPS) is 12.3. The van der Waals surface area contributed by atoms with Crippen LogP contribution in [-0.2, 0) is 4.79 Å². The van der Waals surface area contributed by atoms with Crippen LogP contribution in [0.5, 0.6) is 0 Å². The highest BCUT2D eigenvalue weighted by molar-refractivity contribution is 5.92. The molecule has 0 saturated heterocycles. The lowest BCUT2D eigenvalue weighted by Crippen LogP contribution is -2.29. The van der Waals surface area contributed by atoms with Gasteiger partial charge in [-0.15, -0.1) is 0 Å². The molecule has 7 nitrogen and oxygen atoms in total. The molecule has 0 fully saturated rings. The van der Waals surface area contributed by atoms with E-state index in [1.807, 2.05) is 0 Å². The first kappa shape index (κ1) is 24.5. The van der Waals surface area contributed by atoms with Crippen molar-refractivity contribution >= 4 is 12.3 Å². The molecule has 1 aromatic heterocycles. The number of amides is 2. The van der Waals surface area contributed by atoms with Crippen molar-refractivity contribution in [3.05, 3.63) is 71.4 Å². The van der Waals surface area contributed by atoms with Crippen LogP contribution in [0.25, 0.3) is 22.6 Å². The monoisotopic (exact) mass is 464 g/mol. The van der Waals surface area contributed by atoms with Crippen LogP contribution in [0.4, 0.5) is 8.78 Å². The average molecular weight is 464 g/mol. The molecule has 1 heterocycles. The van der Waals surface area contributed by atoms with Gasteiger partial charge in [0, 0.05) is 36.7 Å². The van der Waals surface area contributed by atoms with E-state index < -0.39 is 23.1 Å². The van der Waals surface area contributed by atoms with Crippen LogP contribution in [0, 0.1) is 23.5 Å². The summed E-state index contributed by atoms with van der Waals surface area (Å²) in [5.74, 6) is 3.47. The molecule has 0 spiro atoms. The molecule has 0 aliphatic carbocycles. The molecule has 174 valence electrons. The summed E-state index contributed by atoms with van der Waals surface area (Å²) in [5, 5.41) is 10.5.